The molecule has 7 aromatic carbocycles. The lowest BCUT2D eigenvalue weighted by molar-refractivity contribution is 0.661. The van der Waals surface area contributed by atoms with Crippen molar-refractivity contribution in [2.75, 3.05) is 0 Å². The van der Waals surface area contributed by atoms with Crippen molar-refractivity contribution in [3.05, 3.63) is 180 Å². The third-order valence-corrected chi connectivity index (χ3v) is 11.0. The van der Waals surface area contributed by atoms with Gasteiger partial charge in [-0.2, -0.15) is 5.26 Å². The van der Waals surface area contributed by atoms with Crippen LogP contribution in [0.2, 0.25) is 0 Å². The van der Waals surface area contributed by atoms with Crippen LogP contribution in [-0.4, -0.2) is 9.55 Å². The van der Waals surface area contributed by atoms with Gasteiger partial charge in [-0.25, -0.2) is 4.98 Å². The van der Waals surface area contributed by atoms with Crippen molar-refractivity contribution in [3.63, 3.8) is 0 Å². The highest BCUT2D eigenvalue weighted by molar-refractivity contribution is 6.11. The third-order valence-electron chi connectivity index (χ3n) is 11.0. The quantitative estimate of drug-likeness (QED) is 0.188. The van der Waals surface area contributed by atoms with Gasteiger partial charge in [0.1, 0.15) is 0 Å². The van der Waals surface area contributed by atoms with E-state index >= 15 is 0 Å². The van der Waals surface area contributed by atoms with Crippen LogP contribution in [0.5, 0.6) is 0 Å². The Kier molecular flexibility index (Phi) is 6.59. The molecule has 0 atom stereocenters. The standard InChI is InChI=1S/C49H33N3/c1-49(2)43-21-11-8-18-37(43)41-29-48-42(27-44(41)49)39-20-10-13-23-47(39)52(48)35-25-33(36-17-7-6-16-32(36)30-50)24-34(26-35)46-28-40(31-14-4-3-5-15-31)38-19-9-12-22-45(38)51-46/h3-29H,1-2H3. The predicted octanol–water partition coefficient (Wildman–Crippen LogP) is 12.5. The van der Waals surface area contributed by atoms with Gasteiger partial charge in [0, 0.05) is 32.8 Å². The number of benzene rings is 7. The summed E-state index contributed by atoms with van der Waals surface area (Å²) in [6.07, 6.45) is 0. The summed E-state index contributed by atoms with van der Waals surface area (Å²) < 4.78 is 2.40. The van der Waals surface area contributed by atoms with Gasteiger partial charge in [-0.05, 0) is 99.1 Å². The number of fused-ring (bicyclic) bond motifs is 7. The van der Waals surface area contributed by atoms with E-state index in [-0.39, 0.29) is 5.41 Å². The van der Waals surface area contributed by atoms with Gasteiger partial charge >= 0.3 is 0 Å². The normalized spacial score (nSPS) is 12.9. The maximum atomic E-state index is 10.2. The molecule has 0 N–H and O–H groups in total. The molecule has 0 radical (unpaired) electrons. The highest BCUT2D eigenvalue weighted by atomic mass is 15.0. The fourth-order valence-corrected chi connectivity index (χ4v) is 8.50. The van der Waals surface area contributed by atoms with Crippen molar-refractivity contribution >= 4 is 32.7 Å². The summed E-state index contributed by atoms with van der Waals surface area (Å²) in [6.45, 7) is 4.68. The topological polar surface area (TPSA) is 41.6 Å². The average Bonchev–Trinajstić information content (AvgIpc) is 3.64. The first-order chi connectivity index (χ1) is 25.5. The molecule has 3 heteroatoms. The molecular weight excluding hydrogens is 631 g/mol. The maximum Gasteiger partial charge on any atom is 0.0998 e. The highest BCUT2D eigenvalue weighted by Gasteiger charge is 2.36. The zero-order valence-electron chi connectivity index (χ0n) is 28.9. The smallest absolute Gasteiger partial charge is 0.0998 e. The predicted molar refractivity (Wildman–Crippen MR) is 215 cm³/mol. The molecule has 0 aliphatic heterocycles. The summed E-state index contributed by atoms with van der Waals surface area (Å²) in [5.41, 5.74) is 16.1. The van der Waals surface area contributed by atoms with E-state index in [0.717, 1.165) is 61.1 Å². The van der Waals surface area contributed by atoms with Crippen LogP contribution in [0.1, 0.15) is 30.5 Å². The Bertz CT molecular complexity index is 2940. The molecule has 0 saturated carbocycles. The SMILES string of the molecule is CC1(C)c2ccccc2-c2cc3c(cc21)c1ccccc1n3-c1cc(-c2cc(-c3ccccc3)c3ccccc3n2)cc(-c2ccccc2C#N)c1. The van der Waals surface area contributed by atoms with Crippen LogP contribution in [0.15, 0.2) is 164 Å². The molecule has 52 heavy (non-hydrogen) atoms. The van der Waals surface area contributed by atoms with Gasteiger partial charge in [-0.3, -0.25) is 0 Å². The summed E-state index contributed by atoms with van der Waals surface area (Å²) in [7, 11) is 0. The van der Waals surface area contributed by atoms with Crippen LogP contribution in [0.25, 0.3) is 83.0 Å². The largest absolute Gasteiger partial charge is 0.309 e. The summed E-state index contributed by atoms with van der Waals surface area (Å²) in [5.74, 6) is 0. The Morgan fingerprint density at radius 2 is 1.19 bits per heavy atom. The lowest BCUT2D eigenvalue weighted by Gasteiger charge is -2.21. The van der Waals surface area contributed by atoms with Crippen molar-refractivity contribution in [3.8, 4) is 56.4 Å². The molecule has 10 rings (SSSR count). The molecule has 0 bridgehead atoms. The summed E-state index contributed by atoms with van der Waals surface area (Å²) >= 11 is 0. The lowest BCUT2D eigenvalue weighted by Crippen LogP contribution is -2.14. The number of para-hydroxylation sites is 2. The molecular formula is C49H33N3. The molecule has 1 aliphatic rings. The highest BCUT2D eigenvalue weighted by Crippen LogP contribution is 2.51. The second kappa shape index (κ2) is 11.4. The Hall–Kier alpha value is -6.76. The first kappa shape index (κ1) is 30.1. The van der Waals surface area contributed by atoms with Crippen molar-refractivity contribution < 1.29 is 0 Å². The molecule has 0 fully saturated rings. The van der Waals surface area contributed by atoms with Gasteiger partial charge in [-0.15, -0.1) is 0 Å². The van der Waals surface area contributed by atoms with Gasteiger partial charge in [0.15, 0.2) is 0 Å². The molecule has 0 spiro atoms. The fourth-order valence-electron chi connectivity index (χ4n) is 8.50. The van der Waals surface area contributed by atoms with Gasteiger partial charge in [-0.1, -0.05) is 123 Å². The van der Waals surface area contributed by atoms with Crippen LogP contribution in [0, 0.1) is 11.3 Å². The van der Waals surface area contributed by atoms with Crippen LogP contribution in [0.3, 0.4) is 0 Å². The summed E-state index contributed by atoms with van der Waals surface area (Å²) in [4.78, 5) is 5.27. The fraction of sp³-hybridized carbons (Fsp3) is 0.0612. The molecule has 0 saturated heterocycles. The zero-order chi connectivity index (χ0) is 35.0. The van der Waals surface area contributed by atoms with E-state index in [9.17, 15) is 5.26 Å². The number of rotatable bonds is 4. The number of hydrogen-bond acceptors (Lipinski definition) is 2. The zero-order valence-corrected chi connectivity index (χ0v) is 28.9. The average molecular weight is 664 g/mol. The first-order valence-corrected chi connectivity index (χ1v) is 17.8. The van der Waals surface area contributed by atoms with E-state index in [4.69, 9.17) is 4.98 Å². The Labute approximate surface area is 302 Å². The van der Waals surface area contributed by atoms with Crippen molar-refractivity contribution in [1.82, 2.24) is 9.55 Å². The van der Waals surface area contributed by atoms with Crippen molar-refractivity contribution in [2.24, 2.45) is 0 Å². The van der Waals surface area contributed by atoms with E-state index in [0.29, 0.717) is 5.56 Å². The summed E-state index contributed by atoms with van der Waals surface area (Å²) in [5, 5.41) is 13.8. The monoisotopic (exact) mass is 663 g/mol. The molecule has 9 aromatic rings. The minimum atomic E-state index is -0.102. The van der Waals surface area contributed by atoms with E-state index in [1.165, 1.54) is 33.0 Å². The Morgan fingerprint density at radius 3 is 2.04 bits per heavy atom. The number of pyridine rings is 1. The lowest BCUT2D eigenvalue weighted by atomic mass is 9.82. The second-order valence-corrected chi connectivity index (χ2v) is 14.3. The van der Waals surface area contributed by atoms with Gasteiger partial charge in [0.2, 0.25) is 0 Å². The maximum absolute atomic E-state index is 10.2. The van der Waals surface area contributed by atoms with Crippen LogP contribution in [-0.2, 0) is 5.41 Å². The molecule has 244 valence electrons. The number of aromatic nitrogens is 2. The first-order valence-electron chi connectivity index (χ1n) is 17.8. The van der Waals surface area contributed by atoms with E-state index in [1.54, 1.807) is 0 Å². The van der Waals surface area contributed by atoms with E-state index in [1.807, 2.05) is 24.3 Å². The number of nitriles is 1. The number of hydrogen-bond donors (Lipinski definition) is 0. The molecule has 3 nitrogen and oxygen atoms in total. The molecule has 0 unspecified atom stereocenters. The van der Waals surface area contributed by atoms with Gasteiger partial charge in [0.25, 0.3) is 0 Å². The summed E-state index contributed by atoms with van der Waals surface area (Å²) in [6, 6.07) is 60.5. The van der Waals surface area contributed by atoms with Gasteiger partial charge in [0.05, 0.1) is 33.9 Å². The van der Waals surface area contributed by atoms with Gasteiger partial charge < -0.3 is 4.57 Å². The Balaban J connectivity index is 1.29. The number of nitrogens with zero attached hydrogens (tertiary/aromatic N) is 3. The van der Waals surface area contributed by atoms with Crippen LogP contribution >= 0.6 is 0 Å². The minimum absolute atomic E-state index is 0.102. The molecule has 1 aliphatic carbocycles. The second-order valence-electron chi connectivity index (χ2n) is 14.3. The van der Waals surface area contributed by atoms with Crippen LogP contribution < -0.4 is 0 Å². The minimum Gasteiger partial charge on any atom is -0.309 e. The molecule has 0 amide bonds. The molecule has 2 heterocycles. The Morgan fingerprint density at radius 1 is 0.500 bits per heavy atom. The van der Waals surface area contributed by atoms with E-state index < -0.39 is 0 Å². The molecule has 2 aromatic heterocycles. The van der Waals surface area contributed by atoms with Crippen molar-refractivity contribution in [1.29, 1.82) is 5.26 Å². The third kappa shape index (κ3) is 4.48. The van der Waals surface area contributed by atoms with Crippen LogP contribution in [0.4, 0.5) is 0 Å². The van der Waals surface area contributed by atoms with E-state index in [2.05, 4.69) is 164 Å². The van der Waals surface area contributed by atoms with Crippen molar-refractivity contribution in [2.45, 2.75) is 19.3 Å².